The standard InChI is InChI=1S/C16H17ClN2O2/c1-10-6-7-14-12(8-10)15(19-21-14)16(20)18-9-11-4-2-3-5-13(11)17/h2-5,10H,6-9H2,1H3,(H,18,20). The maximum absolute atomic E-state index is 12.3. The van der Waals surface area contributed by atoms with Crippen molar-refractivity contribution in [2.24, 2.45) is 5.92 Å². The Morgan fingerprint density at radius 2 is 2.29 bits per heavy atom. The second kappa shape index (κ2) is 5.90. The molecule has 1 aliphatic rings. The lowest BCUT2D eigenvalue weighted by Gasteiger charge is -2.16. The lowest BCUT2D eigenvalue weighted by atomic mass is 9.88. The summed E-state index contributed by atoms with van der Waals surface area (Å²) in [5, 5.41) is 7.45. The van der Waals surface area contributed by atoms with Gasteiger partial charge in [0.1, 0.15) is 5.76 Å². The zero-order valence-corrected chi connectivity index (χ0v) is 12.6. The highest BCUT2D eigenvalue weighted by molar-refractivity contribution is 6.31. The fourth-order valence-electron chi connectivity index (χ4n) is 2.66. The summed E-state index contributed by atoms with van der Waals surface area (Å²) in [5.74, 6) is 1.22. The van der Waals surface area contributed by atoms with Crippen LogP contribution in [0.3, 0.4) is 0 Å². The number of amides is 1. The highest BCUT2D eigenvalue weighted by Crippen LogP contribution is 2.27. The van der Waals surface area contributed by atoms with Gasteiger partial charge >= 0.3 is 0 Å². The van der Waals surface area contributed by atoms with Gasteiger partial charge in [0.05, 0.1) is 0 Å². The van der Waals surface area contributed by atoms with Gasteiger partial charge in [-0.05, 0) is 30.4 Å². The molecule has 0 bridgehead atoms. The van der Waals surface area contributed by atoms with E-state index in [1.54, 1.807) is 0 Å². The molecule has 21 heavy (non-hydrogen) atoms. The molecular formula is C16H17ClN2O2. The van der Waals surface area contributed by atoms with Gasteiger partial charge in [-0.15, -0.1) is 0 Å². The molecule has 0 spiro atoms. The smallest absolute Gasteiger partial charge is 0.274 e. The van der Waals surface area contributed by atoms with E-state index in [1.165, 1.54) is 0 Å². The number of hydrogen-bond acceptors (Lipinski definition) is 3. The summed E-state index contributed by atoms with van der Waals surface area (Å²) in [5.41, 5.74) is 2.27. The average Bonchev–Trinajstić information content (AvgIpc) is 2.89. The highest BCUT2D eigenvalue weighted by Gasteiger charge is 2.26. The van der Waals surface area contributed by atoms with Crippen LogP contribution in [0.5, 0.6) is 0 Å². The fraction of sp³-hybridized carbons (Fsp3) is 0.375. The quantitative estimate of drug-likeness (QED) is 0.945. The molecule has 0 fully saturated rings. The average molecular weight is 305 g/mol. The van der Waals surface area contributed by atoms with Crippen molar-refractivity contribution in [1.82, 2.24) is 10.5 Å². The van der Waals surface area contributed by atoms with Crippen LogP contribution in [0.25, 0.3) is 0 Å². The summed E-state index contributed by atoms with van der Waals surface area (Å²) in [6, 6.07) is 7.46. The Morgan fingerprint density at radius 1 is 1.48 bits per heavy atom. The van der Waals surface area contributed by atoms with E-state index in [0.717, 1.165) is 36.1 Å². The molecule has 1 atom stereocenters. The Morgan fingerprint density at radius 3 is 3.10 bits per heavy atom. The molecule has 1 heterocycles. The number of benzene rings is 1. The molecular weight excluding hydrogens is 288 g/mol. The van der Waals surface area contributed by atoms with Crippen molar-refractivity contribution in [2.45, 2.75) is 32.7 Å². The number of halogens is 1. The zero-order valence-electron chi connectivity index (χ0n) is 11.9. The van der Waals surface area contributed by atoms with E-state index in [9.17, 15) is 4.79 Å². The van der Waals surface area contributed by atoms with Gasteiger partial charge in [0.2, 0.25) is 0 Å². The van der Waals surface area contributed by atoms with Crippen LogP contribution in [0, 0.1) is 5.92 Å². The van der Waals surface area contributed by atoms with Crippen molar-refractivity contribution >= 4 is 17.5 Å². The summed E-state index contributed by atoms with van der Waals surface area (Å²) >= 11 is 6.08. The first kappa shape index (κ1) is 14.1. The molecule has 3 rings (SSSR count). The van der Waals surface area contributed by atoms with Crippen molar-refractivity contribution in [2.75, 3.05) is 0 Å². The third-order valence-corrected chi connectivity index (χ3v) is 4.27. The molecule has 1 unspecified atom stereocenters. The van der Waals surface area contributed by atoms with Crippen LogP contribution in [0.2, 0.25) is 5.02 Å². The van der Waals surface area contributed by atoms with Crippen LogP contribution in [-0.2, 0) is 19.4 Å². The predicted octanol–water partition coefficient (Wildman–Crippen LogP) is 3.38. The minimum Gasteiger partial charge on any atom is -0.360 e. The molecule has 5 heteroatoms. The first-order chi connectivity index (χ1) is 10.1. The van der Waals surface area contributed by atoms with Crippen LogP contribution in [0.4, 0.5) is 0 Å². The van der Waals surface area contributed by atoms with Gasteiger partial charge < -0.3 is 9.84 Å². The zero-order chi connectivity index (χ0) is 14.8. The minimum atomic E-state index is -0.200. The summed E-state index contributed by atoms with van der Waals surface area (Å²) < 4.78 is 5.30. The molecule has 0 saturated heterocycles. The molecule has 0 aliphatic heterocycles. The summed E-state index contributed by atoms with van der Waals surface area (Å²) in [4.78, 5) is 12.3. The Labute approximate surface area is 128 Å². The predicted molar refractivity (Wildman–Crippen MR) is 80.3 cm³/mol. The van der Waals surface area contributed by atoms with Crippen molar-refractivity contribution in [3.8, 4) is 0 Å². The van der Waals surface area contributed by atoms with Gasteiger partial charge in [0.25, 0.3) is 5.91 Å². The first-order valence-corrected chi connectivity index (χ1v) is 7.52. The third kappa shape index (κ3) is 2.95. The van der Waals surface area contributed by atoms with Gasteiger partial charge in [0.15, 0.2) is 5.69 Å². The highest BCUT2D eigenvalue weighted by atomic mass is 35.5. The molecule has 2 aromatic rings. The lowest BCUT2D eigenvalue weighted by Crippen LogP contribution is -2.25. The van der Waals surface area contributed by atoms with Gasteiger partial charge in [-0.2, -0.15) is 0 Å². The third-order valence-electron chi connectivity index (χ3n) is 3.90. The molecule has 110 valence electrons. The van der Waals surface area contributed by atoms with E-state index in [4.69, 9.17) is 16.1 Å². The number of rotatable bonds is 3. The van der Waals surface area contributed by atoms with Gasteiger partial charge in [-0.25, -0.2) is 0 Å². The Bertz CT molecular complexity index is 666. The van der Waals surface area contributed by atoms with Crippen LogP contribution in [0.15, 0.2) is 28.8 Å². The molecule has 4 nitrogen and oxygen atoms in total. The van der Waals surface area contributed by atoms with E-state index in [-0.39, 0.29) is 5.91 Å². The summed E-state index contributed by atoms with van der Waals surface area (Å²) in [6.45, 7) is 2.57. The van der Waals surface area contributed by atoms with Crippen molar-refractivity contribution in [3.05, 3.63) is 51.9 Å². The second-order valence-electron chi connectivity index (χ2n) is 5.55. The largest absolute Gasteiger partial charge is 0.360 e. The Hall–Kier alpha value is -1.81. The number of fused-ring (bicyclic) bond motifs is 1. The van der Waals surface area contributed by atoms with E-state index >= 15 is 0 Å². The summed E-state index contributed by atoms with van der Waals surface area (Å²) in [6.07, 6.45) is 2.80. The summed E-state index contributed by atoms with van der Waals surface area (Å²) in [7, 11) is 0. The van der Waals surface area contributed by atoms with Gasteiger partial charge in [-0.1, -0.05) is 41.9 Å². The van der Waals surface area contributed by atoms with Gasteiger partial charge in [-0.3, -0.25) is 4.79 Å². The van der Waals surface area contributed by atoms with Crippen molar-refractivity contribution in [3.63, 3.8) is 0 Å². The molecule has 0 radical (unpaired) electrons. The van der Waals surface area contributed by atoms with Crippen LogP contribution in [-0.4, -0.2) is 11.1 Å². The van der Waals surface area contributed by atoms with Crippen LogP contribution < -0.4 is 5.32 Å². The number of aryl methyl sites for hydroxylation is 1. The number of nitrogens with one attached hydrogen (secondary N) is 1. The maximum Gasteiger partial charge on any atom is 0.274 e. The molecule has 1 aromatic heterocycles. The van der Waals surface area contributed by atoms with Crippen LogP contribution >= 0.6 is 11.6 Å². The lowest BCUT2D eigenvalue weighted by molar-refractivity contribution is 0.0941. The fourth-order valence-corrected chi connectivity index (χ4v) is 2.86. The molecule has 1 N–H and O–H groups in total. The number of hydrogen-bond donors (Lipinski definition) is 1. The van der Waals surface area contributed by atoms with Crippen LogP contribution in [0.1, 0.15) is 40.7 Å². The molecule has 1 amide bonds. The molecule has 1 aromatic carbocycles. The van der Waals surface area contributed by atoms with E-state index < -0.39 is 0 Å². The van der Waals surface area contributed by atoms with E-state index in [0.29, 0.717) is 23.2 Å². The normalized spacial score (nSPS) is 17.3. The van der Waals surface area contributed by atoms with E-state index in [2.05, 4.69) is 17.4 Å². The SMILES string of the molecule is CC1CCc2onc(C(=O)NCc3ccccc3Cl)c2C1. The molecule has 1 aliphatic carbocycles. The Balaban J connectivity index is 1.72. The second-order valence-corrected chi connectivity index (χ2v) is 5.96. The number of carbonyl (C=O) groups is 1. The number of aromatic nitrogens is 1. The maximum atomic E-state index is 12.3. The van der Waals surface area contributed by atoms with E-state index in [1.807, 2.05) is 24.3 Å². The topological polar surface area (TPSA) is 55.1 Å². The van der Waals surface area contributed by atoms with Gasteiger partial charge in [0, 0.05) is 23.6 Å². The molecule has 0 saturated carbocycles. The minimum absolute atomic E-state index is 0.200. The van der Waals surface area contributed by atoms with Crippen molar-refractivity contribution in [1.29, 1.82) is 0 Å². The number of nitrogens with zero attached hydrogens (tertiary/aromatic N) is 1. The Kier molecular flexibility index (Phi) is 3.97. The first-order valence-electron chi connectivity index (χ1n) is 7.14. The number of carbonyl (C=O) groups excluding carboxylic acids is 1. The van der Waals surface area contributed by atoms with Crippen molar-refractivity contribution < 1.29 is 9.32 Å². The monoisotopic (exact) mass is 304 g/mol.